The highest BCUT2D eigenvalue weighted by atomic mass is 35.5. The van der Waals surface area contributed by atoms with Gasteiger partial charge in [0.25, 0.3) is 0 Å². The average Bonchev–Trinajstić information content (AvgIpc) is 0.992. The normalized spacial score (nSPS) is 10.6. The van der Waals surface area contributed by atoms with E-state index in [-0.39, 0.29) is 49.8 Å². The van der Waals surface area contributed by atoms with E-state index in [0.29, 0.717) is 58.1 Å². The molecule has 0 saturated heterocycles. The first-order valence-corrected chi connectivity index (χ1v) is 39.0. The Morgan fingerprint density at radius 2 is 0.600 bits per heavy atom. The van der Waals surface area contributed by atoms with Crippen LogP contribution in [-0.4, -0.2) is 0 Å². The fourth-order valence-electron chi connectivity index (χ4n) is 9.82. The number of hydrogen-bond acceptors (Lipinski definition) is 1. The fraction of sp³-hybridized carbons (Fsp3) is 0.408. The third-order valence-corrected chi connectivity index (χ3v) is 18.8. The molecule has 0 atom stereocenters. The highest BCUT2D eigenvalue weighted by Gasteiger charge is 2.31. The van der Waals surface area contributed by atoms with Crippen LogP contribution in [-0.2, 0) is 6.18 Å². The van der Waals surface area contributed by atoms with E-state index in [1.807, 2.05) is 90.9 Å². The van der Waals surface area contributed by atoms with Gasteiger partial charge in [0.05, 0.1) is 9.90 Å². The zero-order valence-corrected chi connectivity index (χ0v) is 71.6. The molecule has 0 unspecified atom stereocenters. The van der Waals surface area contributed by atoms with Crippen LogP contribution in [0.2, 0.25) is 9.36 Å². The maximum absolute atomic E-state index is 13.0. The van der Waals surface area contributed by atoms with Gasteiger partial charge in [-0.05, 0) is 253 Å². The Morgan fingerprint density at radius 3 is 0.918 bits per heavy atom. The van der Waals surface area contributed by atoms with E-state index in [1.165, 1.54) is 98.8 Å². The standard InChI is InChI=1S/C11H13F3.C10H13Cl.C10H12F2.2C10H13F.2C10H14.C9H10F2.C9H12.C7H9ClS.2CH4/c1-7(2)9-4-8(3)5-10(6-9)11(12,13)14;1-7(2)9-4-8(3)5-10(11)6-9;1-6(2)8-4-9(11)7(3)10(12)5-8;1-7(2)9-4-8(3)5-10(11)6-9;1-7(2)9-4-5-10(11)8(3)6-9;2*1-8(2)10-6-4-9(3)5-7-10;1-6(2)7-3-8(10)5-9(11)4-7;1-8(2)9-6-4-3-5-7-9;1-5(2)6-3-4-7(8)9-6;;/h4-7H,1-3H3;4-7H,1-3H3;4-6H,1-3H3;2*4-7H,1-3H3;2*4-8H,1-3H3;3-6H,1-2H3;3-8H,1-2H3;3-5H,1-2H3;2*1H4. The van der Waals surface area contributed by atoms with Crippen LogP contribution in [0.3, 0.4) is 0 Å². The van der Waals surface area contributed by atoms with Gasteiger partial charge >= 0.3 is 6.18 Å². The number of aryl methyl sites for hydroxylation is 6. The van der Waals surface area contributed by atoms with Crippen LogP contribution in [0.25, 0.3) is 0 Å². The predicted molar refractivity (Wildman–Crippen MR) is 465 cm³/mol. The van der Waals surface area contributed by atoms with E-state index >= 15 is 0 Å². The SMILES string of the molecule is C.C.CC(C)c1cc(F)cc(F)c1.CC(C)c1ccc(Cl)s1.CC(C)c1ccccc1.Cc1c(F)cc(C(C)C)cc1F.Cc1cc(C(C)C)cc(C(F)(F)F)c1.Cc1cc(C(C)C)ccc1F.Cc1cc(Cl)cc(C(C)C)c1.Cc1cc(F)cc(C(C)C)c1.Cc1ccc(C(C)C)cc1.Cc1ccc(C(C)C)cc1. The molecule has 0 N–H and O–H groups in total. The minimum Gasteiger partial charge on any atom is -0.207 e. The molecule has 0 aliphatic rings. The minimum atomic E-state index is -4.24. The fourth-order valence-corrected chi connectivity index (χ4v) is 11.2. The van der Waals surface area contributed by atoms with Crippen LogP contribution in [0.1, 0.15) is 312 Å². The predicted octanol–water partition coefficient (Wildman–Crippen LogP) is 34.8. The molecule has 0 radical (unpaired) electrons. The zero-order valence-electron chi connectivity index (χ0n) is 69.3. The monoisotopic (exact) mass is 1580 g/mol. The van der Waals surface area contributed by atoms with Crippen molar-refractivity contribution in [3.05, 3.63) is 338 Å². The van der Waals surface area contributed by atoms with E-state index in [1.54, 1.807) is 43.4 Å². The van der Waals surface area contributed by atoms with Crippen molar-refractivity contribution in [3.8, 4) is 0 Å². The molecular formula is C98H131Cl2F9S. The molecule has 0 spiro atoms. The number of hydrogen-bond donors (Lipinski definition) is 0. The highest BCUT2D eigenvalue weighted by Crippen LogP contribution is 2.33. The smallest absolute Gasteiger partial charge is 0.207 e. The van der Waals surface area contributed by atoms with Crippen molar-refractivity contribution < 1.29 is 39.5 Å². The topological polar surface area (TPSA) is 0 Å². The Labute approximate surface area is 674 Å². The van der Waals surface area contributed by atoms with E-state index in [0.717, 1.165) is 37.7 Å². The van der Waals surface area contributed by atoms with Crippen LogP contribution < -0.4 is 0 Å². The molecule has 0 bridgehead atoms. The average molecular weight is 1580 g/mol. The molecule has 0 saturated carbocycles. The first-order chi connectivity index (χ1) is 50.1. The lowest BCUT2D eigenvalue weighted by Gasteiger charge is -2.12. The number of halogens is 11. The van der Waals surface area contributed by atoms with E-state index in [4.69, 9.17) is 23.2 Å². The van der Waals surface area contributed by atoms with Crippen LogP contribution in [0, 0.1) is 83.4 Å². The summed E-state index contributed by atoms with van der Waals surface area (Å²) in [6, 6.07) is 59.2. The maximum Gasteiger partial charge on any atom is 0.416 e. The van der Waals surface area contributed by atoms with Gasteiger partial charge in [0.2, 0.25) is 0 Å². The third-order valence-electron chi connectivity index (χ3n) is 17.0. The largest absolute Gasteiger partial charge is 0.416 e. The minimum absolute atomic E-state index is 0. The molecule has 0 fully saturated rings. The van der Waals surface area contributed by atoms with Crippen molar-refractivity contribution in [2.24, 2.45) is 0 Å². The number of alkyl halides is 3. The summed E-state index contributed by atoms with van der Waals surface area (Å²) in [6.45, 7) is 54.8. The maximum atomic E-state index is 13.0. The molecular weight excluding hydrogens is 1450 g/mol. The summed E-state index contributed by atoms with van der Waals surface area (Å²) in [5.74, 6) is 2.30. The van der Waals surface area contributed by atoms with Gasteiger partial charge in [0, 0.05) is 21.5 Å². The lowest BCUT2D eigenvalue weighted by atomic mass is 9.98. The van der Waals surface area contributed by atoms with Crippen molar-refractivity contribution in [1.29, 1.82) is 0 Å². The summed E-state index contributed by atoms with van der Waals surface area (Å²) in [5.41, 5.74) is 15.8. The van der Waals surface area contributed by atoms with Crippen molar-refractivity contribution >= 4 is 34.5 Å². The van der Waals surface area contributed by atoms with Gasteiger partial charge in [0.15, 0.2) is 0 Å². The Hall–Kier alpha value is -7.37. The molecule has 1 aromatic heterocycles. The van der Waals surface area contributed by atoms with Crippen molar-refractivity contribution in [2.45, 2.75) is 267 Å². The molecule has 12 heteroatoms. The van der Waals surface area contributed by atoms with Crippen molar-refractivity contribution in [1.82, 2.24) is 0 Å². The summed E-state index contributed by atoms with van der Waals surface area (Å²) in [5, 5.41) is 0.841. The molecule has 606 valence electrons. The summed E-state index contributed by atoms with van der Waals surface area (Å²) in [6.07, 6.45) is -4.24. The highest BCUT2D eigenvalue weighted by molar-refractivity contribution is 7.16. The molecule has 0 aliphatic carbocycles. The van der Waals surface area contributed by atoms with Crippen LogP contribution >= 0.6 is 34.5 Å². The van der Waals surface area contributed by atoms with Gasteiger partial charge in [-0.3, -0.25) is 0 Å². The van der Waals surface area contributed by atoms with Gasteiger partial charge in [-0.25, -0.2) is 26.3 Å². The molecule has 0 nitrogen and oxygen atoms in total. The van der Waals surface area contributed by atoms with Crippen molar-refractivity contribution in [3.63, 3.8) is 0 Å². The molecule has 10 rings (SSSR count). The lowest BCUT2D eigenvalue weighted by Crippen LogP contribution is -2.06. The van der Waals surface area contributed by atoms with Gasteiger partial charge in [-0.15, -0.1) is 11.3 Å². The van der Waals surface area contributed by atoms with Crippen LogP contribution in [0.5, 0.6) is 0 Å². The van der Waals surface area contributed by atoms with Gasteiger partial charge in [0.1, 0.15) is 34.9 Å². The second kappa shape index (κ2) is 52.8. The van der Waals surface area contributed by atoms with Gasteiger partial charge in [-0.1, -0.05) is 302 Å². The summed E-state index contributed by atoms with van der Waals surface area (Å²) < 4.78 is 115. The summed E-state index contributed by atoms with van der Waals surface area (Å²) in [4.78, 5) is 1.36. The molecule has 1 heterocycles. The number of thiophene rings is 1. The second-order valence-electron chi connectivity index (χ2n) is 30.5. The zero-order chi connectivity index (χ0) is 82.6. The van der Waals surface area contributed by atoms with Gasteiger partial charge < -0.3 is 0 Å². The first kappa shape index (κ1) is 105. The van der Waals surface area contributed by atoms with Crippen LogP contribution in [0.15, 0.2) is 194 Å². The Balaban J connectivity index is 0. The molecule has 110 heavy (non-hydrogen) atoms. The summed E-state index contributed by atoms with van der Waals surface area (Å²) in [7, 11) is 0. The molecule has 10 aromatic rings. The second-order valence-corrected chi connectivity index (χ2v) is 32.7. The first-order valence-electron chi connectivity index (χ1n) is 37.5. The molecule has 0 aliphatic heterocycles. The molecule has 0 amide bonds. The number of rotatable bonds is 10. The Morgan fingerprint density at radius 1 is 0.273 bits per heavy atom. The summed E-state index contributed by atoms with van der Waals surface area (Å²) >= 11 is 13.3. The van der Waals surface area contributed by atoms with E-state index in [9.17, 15) is 39.5 Å². The Kier molecular flexibility index (Phi) is 50.2. The number of benzene rings is 9. The quantitative estimate of drug-likeness (QED) is 0.120. The third kappa shape index (κ3) is 42.9. The lowest BCUT2D eigenvalue weighted by molar-refractivity contribution is -0.137. The molecule has 9 aromatic carbocycles. The van der Waals surface area contributed by atoms with Gasteiger partial charge in [-0.2, -0.15) is 13.2 Å². The van der Waals surface area contributed by atoms with Crippen molar-refractivity contribution in [2.75, 3.05) is 0 Å². The van der Waals surface area contributed by atoms with E-state index < -0.39 is 35.0 Å². The van der Waals surface area contributed by atoms with Crippen LogP contribution in [0.4, 0.5) is 39.5 Å². The van der Waals surface area contributed by atoms with E-state index in [2.05, 4.69) is 203 Å². The Bertz CT molecular complexity index is 3890.